The molecule has 37 heavy (non-hydrogen) atoms. The lowest BCUT2D eigenvalue weighted by Gasteiger charge is -2.31. The molecule has 4 amide bonds. The number of carbonyl (C=O) groups excluding carboxylic acids is 3. The molecular weight excluding hydrogens is 474 g/mol. The number of aromatic amines is 1. The molecule has 0 saturated carbocycles. The van der Waals surface area contributed by atoms with Crippen molar-refractivity contribution in [1.29, 1.82) is 0 Å². The average molecular weight is 508 g/mol. The molecule has 11 heteroatoms. The number of anilines is 3. The highest BCUT2D eigenvalue weighted by Crippen LogP contribution is 2.22. The number of nitrogens with zero attached hydrogens (tertiary/aromatic N) is 3. The summed E-state index contributed by atoms with van der Waals surface area (Å²) in [7, 11) is 2.03. The SMILES string of the molecule is CCCCc1ccc(NC(=O)Nc2[nH]c(Cc3ccc(C(=O)N4CCN(C)CC4)o3)nc2NC=O)cc1. The van der Waals surface area contributed by atoms with Crippen molar-refractivity contribution in [2.45, 2.75) is 32.6 Å². The Morgan fingerprint density at radius 2 is 1.84 bits per heavy atom. The van der Waals surface area contributed by atoms with Gasteiger partial charge in [0.25, 0.3) is 5.91 Å². The molecule has 0 spiro atoms. The van der Waals surface area contributed by atoms with Crippen molar-refractivity contribution in [3.8, 4) is 0 Å². The number of benzene rings is 1. The minimum absolute atomic E-state index is 0.139. The van der Waals surface area contributed by atoms with Crippen LogP contribution in [0, 0.1) is 0 Å². The van der Waals surface area contributed by atoms with E-state index < -0.39 is 6.03 Å². The lowest BCUT2D eigenvalue weighted by molar-refractivity contribution is -0.105. The summed E-state index contributed by atoms with van der Waals surface area (Å²) in [6.07, 6.45) is 3.97. The van der Waals surface area contributed by atoms with Gasteiger partial charge in [0.15, 0.2) is 17.4 Å². The first kappa shape index (κ1) is 26.0. The molecule has 1 fully saturated rings. The van der Waals surface area contributed by atoms with E-state index in [0.717, 1.165) is 32.4 Å². The summed E-state index contributed by atoms with van der Waals surface area (Å²) >= 11 is 0. The van der Waals surface area contributed by atoms with Crippen LogP contribution >= 0.6 is 0 Å². The second kappa shape index (κ2) is 12.2. The minimum Gasteiger partial charge on any atom is -0.455 e. The van der Waals surface area contributed by atoms with E-state index in [9.17, 15) is 14.4 Å². The Labute approximate surface area is 215 Å². The van der Waals surface area contributed by atoms with E-state index in [2.05, 4.69) is 37.7 Å². The molecule has 1 aromatic carbocycles. The standard InChI is InChI=1S/C26H33N7O4/c1-3-4-5-18-6-8-19(9-7-18)28-26(36)31-24-23(27-17-34)29-22(30-24)16-20-10-11-21(37-20)25(35)33-14-12-32(2)13-15-33/h6-11,17H,3-5,12-16H2,1-2H3,(H,27,34)(H,29,30)(H2,28,31,36). The lowest BCUT2D eigenvalue weighted by Crippen LogP contribution is -2.47. The highest BCUT2D eigenvalue weighted by Gasteiger charge is 2.23. The first-order chi connectivity index (χ1) is 17.9. The van der Waals surface area contributed by atoms with Gasteiger partial charge in [-0.15, -0.1) is 0 Å². The molecule has 0 radical (unpaired) electrons. The van der Waals surface area contributed by atoms with Crippen molar-refractivity contribution in [3.63, 3.8) is 0 Å². The molecule has 0 atom stereocenters. The van der Waals surface area contributed by atoms with Crippen LogP contribution < -0.4 is 16.0 Å². The Morgan fingerprint density at radius 1 is 1.08 bits per heavy atom. The van der Waals surface area contributed by atoms with E-state index in [4.69, 9.17) is 4.42 Å². The quantitative estimate of drug-likeness (QED) is 0.310. The number of likely N-dealkylation sites (N-methyl/N-ethyl adjacent to an activating group) is 1. The average Bonchev–Trinajstić information content (AvgIpc) is 3.51. The molecule has 4 N–H and O–H groups in total. The number of nitrogens with one attached hydrogen (secondary N) is 4. The topological polar surface area (TPSA) is 136 Å². The number of hydrogen-bond donors (Lipinski definition) is 4. The van der Waals surface area contributed by atoms with Gasteiger partial charge in [0.05, 0.1) is 6.42 Å². The maximum atomic E-state index is 12.7. The van der Waals surface area contributed by atoms with Crippen LogP contribution in [0.15, 0.2) is 40.8 Å². The van der Waals surface area contributed by atoms with E-state index >= 15 is 0 Å². The number of rotatable bonds is 10. The summed E-state index contributed by atoms with van der Waals surface area (Å²) in [5, 5.41) is 7.95. The Morgan fingerprint density at radius 3 is 2.54 bits per heavy atom. The summed E-state index contributed by atoms with van der Waals surface area (Å²) in [6, 6.07) is 10.6. The first-order valence-corrected chi connectivity index (χ1v) is 12.5. The molecular formula is C26H33N7O4. The van der Waals surface area contributed by atoms with Gasteiger partial charge in [-0.2, -0.15) is 0 Å². The van der Waals surface area contributed by atoms with Gasteiger partial charge >= 0.3 is 6.03 Å². The number of aryl methyl sites for hydroxylation is 1. The van der Waals surface area contributed by atoms with Crippen molar-refractivity contribution in [3.05, 3.63) is 59.3 Å². The molecule has 3 heterocycles. The number of amides is 4. The van der Waals surface area contributed by atoms with Crippen LogP contribution in [0.1, 0.15) is 47.5 Å². The number of imidazole rings is 1. The molecule has 0 bridgehead atoms. The van der Waals surface area contributed by atoms with Crippen LogP contribution in [-0.4, -0.2) is 71.3 Å². The second-order valence-corrected chi connectivity index (χ2v) is 9.09. The zero-order valence-corrected chi connectivity index (χ0v) is 21.2. The number of furan rings is 1. The fraction of sp³-hybridized carbons (Fsp3) is 0.385. The number of urea groups is 1. The van der Waals surface area contributed by atoms with Crippen LogP contribution in [0.5, 0.6) is 0 Å². The monoisotopic (exact) mass is 507 g/mol. The number of H-pyrrole nitrogens is 1. The maximum Gasteiger partial charge on any atom is 0.324 e. The van der Waals surface area contributed by atoms with E-state index in [1.165, 1.54) is 5.56 Å². The number of hydrogen-bond acceptors (Lipinski definition) is 6. The van der Waals surface area contributed by atoms with E-state index in [-0.39, 0.29) is 29.7 Å². The summed E-state index contributed by atoms with van der Waals surface area (Å²) in [6.45, 7) is 5.11. The van der Waals surface area contributed by atoms with Crippen LogP contribution in [0.4, 0.5) is 22.1 Å². The molecule has 4 rings (SSSR count). The van der Waals surface area contributed by atoms with Crippen LogP contribution in [0.3, 0.4) is 0 Å². The molecule has 0 aliphatic carbocycles. The van der Waals surface area contributed by atoms with Gasteiger partial charge in [0.1, 0.15) is 11.6 Å². The lowest BCUT2D eigenvalue weighted by atomic mass is 10.1. The fourth-order valence-corrected chi connectivity index (χ4v) is 4.09. The number of piperazine rings is 1. The maximum absolute atomic E-state index is 12.7. The summed E-state index contributed by atoms with van der Waals surface area (Å²) < 4.78 is 5.78. The van der Waals surface area contributed by atoms with Crippen molar-refractivity contribution in [2.75, 3.05) is 49.2 Å². The number of aromatic nitrogens is 2. The smallest absolute Gasteiger partial charge is 0.324 e. The van der Waals surface area contributed by atoms with Crippen LogP contribution in [0.25, 0.3) is 0 Å². The first-order valence-electron chi connectivity index (χ1n) is 12.5. The Bertz CT molecular complexity index is 1210. The van der Waals surface area contributed by atoms with Gasteiger partial charge in [-0.1, -0.05) is 25.5 Å². The Hall–Kier alpha value is -4.12. The van der Waals surface area contributed by atoms with Gasteiger partial charge in [0.2, 0.25) is 6.41 Å². The molecule has 0 unspecified atom stereocenters. The summed E-state index contributed by atoms with van der Waals surface area (Å²) in [5.74, 6) is 1.53. The van der Waals surface area contributed by atoms with Crippen molar-refractivity contribution < 1.29 is 18.8 Å². The predicted octanol–water partition coefficient (Wildman–Crippen LogP) is 3.54. The van der Waals surface area contributed by atoms with Gasteiger partial charge in [-0.3, -0.25) is 14.9 Å². The van der Waals surface area contributed by atoms with Gasteiger partial charge in [-0.25, -0.2) is 9.78 Å². The zero-order chi connectivity index (χ0) is 26.2. The van der Waals surface area contributed by atoms with Crippen LogP contribution in [-0.2, 0) is 17.6 Å². The molecule has 1 aliphatic rings. The fourth-order valence-electron chi connectivity index (χ4n) is 4.09. The molecule has 1 aliphatic heterocycles. The van der Waals surface area contributed by atoms with E-state index in [1.54, 1.807) is 17.0 Å². The third-order valence-electron chi connectivity index (χ3n) is 6.22. The molecule has 11 nitrogen and oxygen atoms in total. The summed E-state index contributed by atoms with van der Waals surface area (Å²) in [5.41, 5.74) is 1.87. The van der Waals surface area contributed by atoms with E-state index in [0.29, 0.717) is 36.8 Å². The van der Waals surface area contributed by atoms with Gasteiger partial charge in [0, 0.05) is 31.9 Å². The van der Waals surface area contributed by atoms with Crippen molar-refractivity contribution in [2.24, 2.45) is 0 Å². The Balaban J connectivity index is 1.37. The van der Waals surface area contributed by atoms with Gasteiger partial charge < -0.3 is 29.8 Å². The molecule has 1 saturated heterocycles. The molecule has 2 aromatic heterocycles. The second-order valence-electron chi connectivity index (χ2n) is 9.09. The van der Waals surface area contributed by atoms with Crippen molar-refractivity contribution in [1.82, 2.24) is 19.8 Å². The van der Waals surface area contributed by atoms with E-state index in [1.807, 2.05) is 31.3 Å². The van der Waals surface area contributed by atoms with Crippen molar-refractivity contribution >= 4 is 35.7 Å². The largest absolute Gasteiger partial charge is 0.455 e. The zero-order valence-electron chi connectivity index (χ0n) is 21.2. The number of carbonyl (C=O) groups is 3. The number of unbranched alkanes of at least 4 members (excludes halogenated alkanes) is 1. The highest BCUT2D eigenvalue weighted by atomic mass is 16.4. The minimum atomic E-state index is -0.483. The highest BCUT2D eigenvalue weighted by molar-refractivity contribution is 6.01. The normalized spacial score (nSPS) is 13.8. The Kier molecular flexibility index (Phi) is 8.57. The third-order valence-corrected chi connectivity index (χ3v) is 6.22. The predicted molar refractivity (Wildman–Crippen MR) is 141 cm³/mol. The summed E-state index contributed by atoms with van der Waals surface area (Å²) in [4.78, 5) is 47.7. The van der Waals surface area contributed by atoms with Crippen LogP contribution in [0.2, 0.25) is 0 Å². The third kappa shape index (κ3) is 6.98. The molecule has 196 valence electrons. The molecule has 3 aromatic rings. The van der Waals surface area contributed by atoms with Gasteiger partial charge in [-0.05, 0) is 49.7 Å².